The van der Waals surface area contributed by atoms with Crippen molar-refractivity contribution in [3.63, 3.8) is 0 Å². The Kier molecular flexibility index (Phi) is 5.55. The summed E-state index contributed by atoms with van der Waals surface area (Å²) in [4.78, 5) is 4.73. The van der Waals surface area contributed by atoms with Crippen LogP contribution in [0.2, 0.25) is 0 Å². The molecule has 0 fully saturated rings. The van der Waals surface area contributed by atoms with Crippen LogP contribution in [-0.2, 0) is 26.5 Å². The molecule has 0 aliphatic heterocycles. The minimum atomic E-state index is 0. The average molecular weight is 517 g/mol. The van der Waals surface area contributed by atoms with Gasteiger partial charge in [0.2, 0.25) is 0 Å². The molecule has 0 aliphatic rings. The molecule has 0 aliphatic carbocycles. The van der Waals surface area contributed by atoms with Crippen LogP contribution in [-0.4, -0.2) is 4.98 Å². The van der Waals surface area contributed by atoms with Gasteiger partial charge in [0, 0.05) is 26.3 Å². The number of rotatable bonds is 3. The van der Waals surface area contributed by atoms with Gasteiger partial charge in [-0.15, -0.1) is 34.9 Å². The number of hydrogen-bond donors (Lipinski definition) is 0. The van der Waals surface area contributed by atoms with Gasteiger partial charge in [0.15, 0.2) is 0 Å². The van der Waals surface area contributed by atoms with Crippen LogP contribution in [0.5, 0.6) is 0 Å². The Balaban J connectivity index is 0.00000196. The molecule has 133 valence electrons. The van der Waals surface area contributed by atoms with Crippen LogP contribution < -0.4 is 0 Å². The molecule has 0 N–H and O–H groups in total. The Morgan fingerprint density at radius 1 is 0.923 bits per heavy atom. The number of benzene rings is 3. The molecule has 3 aromatic carbocycles. The van der Waals surface area contributed by atoms with Crippen molar-refractivity contribution < 1.29 is 20.1 Å². The van der Waals surface area contributed by atoms with Gasteiger partial charge in [0.25, 0.3) is 0 Å². The van der Waals surface area contributed by atoms with E-state index in [1.165, 1.54) is 32.7 Å². The SMILES string of the molecule is CCc1[c-]c(-c2nccc3c2ccc2ccccc23)cc(C(C)C)c1.[Ir]. The Labute approximate surface area is 168 Å². The Morgan fingerprint density at radius 3 is 2.50 bits per heavy atom. The second-order valence-electron chi connectivity index (χ2n) is 6.90. The molecule has 1 radical (unpaired) electrons. The first kappa shape index (κ1) is 18.8. The van der Waals surface area contributed by atoms with E-state index in [4.69, 9.17) is 4.98 Å². The number of fused-ring (bicyclic) bond motifs is 3. The van der Waals surface area contributed by atoms with Gasteiger partial charge in [-0.3, -0.25) is 0 Å². The van der Waals surface area contributed by atoms with E-state index in [0.717, 1.165) is 17.7 Å². The van der Waals surface area contributed by atoms with E-state index in [1.54, 1.807) is 0 Å². The maximum absolute atomic E-state index is 4.73. The zero-order chi connectivity index (χ0) is 17.4. The molecule has 0 spiro atoms. The predicted octanol–water partition coefficient (Wildman–Crippen LogP) is 6.54. The fourth-order valence-electron chi connectivity index (χ4n) is 3.46. The topological polar surface area (TPSA) is 12.9 Å². The number of pyridine rings is 1. The van der Waals surface area contributed by atoms with Crippen LogP contribution >= 0.6 is 0 Å². The van der Waals surface area contributed by atoms with Gasteiger partial charge in [-0.1, -0.05) is 57.2 Å². The monoisotopic (exact) mass is 517 g/mol. The van der Waals surface area contributed by atoms with E-state index in [-0.39, 0.29) is 20.1 Å². The molecular formula is C24H22IrN-. The fourth-order valence-corrected chi connectivity index (χ4v) is 3.46. The first-order valence-corrected chi connectivity index (χ1v) is 9.00. The van der Waals surface area contributed by atoms with E-state index in [1.807, 2.05) is 6.20 Å². The summed E-state index contributed by atoms with van der Waals surface area (Å²) in [5.74, 6) is 0.495. The summed E-state index contributed by atoms with van der Waals surface area (Å²) >= 11 is 0. The van der Waals surface area contributed by atoms with Gasteiger partial charge in [0.05, 0.1) is 0 Å². The van der Waals surface area contributed by atoms with Crippen molar-refractivity contribution in [3.8, 4) is 11.3 Å². The molecule has 4 rings (SSSR count). The van der Waals surface area contributed by atoms with E-state index in [0.29, 0.717) is 5.92 Å². The van der Waals surface area contributed by atoms with Crippen molar-refractivity contribution in [3.05, 3.63) is 78.0 Å². The normalized spacial score (nSPS) is 11.1. The molecule has 0 amide bonds. The van der Waals surface area contributed by atoms with Gasteiger partial charge in [-0.25, -0.2) is 0 Å². The minimum Gasteiger partial charge on any atom is -0.304 e. The van der Waals surface area contributed by atoms with Gasteiger partial charge >= 0.3 is 0 Å². The third-order valence-electron chi connectivity index (χ3n) is 4.92. The molecule has 1 aromatic heterocycles. The van der Waals surface area contributed by atoms with Gasteiger partial charge < -0.3 is 4.98 Å². The molecule has 2 heteroatoms. The van der Waals surface area contributed by atoms with Crippen LogP contribution in [0.25, 0.3) is 32.8 Å². The largest absolute Gasteiger partial charge is 0.304 e. The first-order valence-electron chi connectivity index (χ1n) is 9.00. The number of aromatic nitrogens is 1. The van der Waals surface area contributed by atoms with Crippen LogP contribution in [0.1, 0.15) is 37.8 Å². The zero-order valence-corrected chi connectivity index (χ0v) is 17.7. The van der Waals surface area contributed by atoms with Crippen molar-refractivity contribution in [2.75, 3.05) is 0 Å². The Hall–Kier alpha value is -2.02. The van der Waals surface area contributed by atoms with E-state index in [2.05, 4.69) is 81.4 Å². The number of hydrogen-bond acceptors (Lipinski definition) is 1. The summed E-state index contributed by atoms with van der Waals surface area (Å²) < 4.78 is 0. The maximum Gasteiger partial charge on any atom is 0.0167 e. The molecule has 0 saturated heterocycles. The van der Waals surface area contributed by atoms with Gasteiger partial charge in [-0.05, 0) is 45.6 Å². The summed E-state index contributed by atoms with van der Waals surface area (Å²) in [5.41, 5.74) is 4.73. The molecular weight excluding hydrogens is 494 g/mol. The first-order chi connectivity index (χ1) is 12.2. The molecule has 26 heavy (non-hydrogen) atoms. The Morgan fingerprint density at radius 2 is 1.73 bits per heavy atom. The van der Waals surface area contributed by atoms with Gasteiger partial charge in [0.1, 0.15) is 0 Å². The predicted molar refractivity (Wildman–Crippen MR) is 107 cm³/mol. The van der Waals surface area contributed by atoms with Crippen molar-refractivity contribution in [1.82, 2.24) is 4.98 Å². The number of aryl methyl sites for hydroxylation is 1. The van der Waals surface area contributed by atoms with Crippen LogP contribution in [0.15, 0.2) is 60.8 Å². The van der Waals surface area contributed by atoms with Crippen molar-refractivity contribution in [2.45, 2.75) is 33.1 Å². The zero-order valence-electron chi connectivity index (χ0n) is 15.3. The summed E-state index contributed by atoms with van der Waals surface area (Å²) in [6, 6.07) is 23.1. The van der Waals surface area contributed by atoms with E-state index in [9.17, 15) is 0 Å². The molecule has 0 atom stereocenters. The summed E-state index contributed by atoms with van der Waals surface area (Å²) in [6.07, 6.45) is 2.91. The molecule has 0 bridgehead atoms. The van der Waals surface area contributed by atoms with Crippen molar-refractivity contribution >= 4 is 21.5 Å². The summed E-state index contributed by atoms with van der Waals surface area (Å²) in [5, 5.41) is 4.99. The van der Waals surface area contributed by atoms with Crippen LogP contribution in [0.3, 0.4) is 0 Å². The second-order valence-corrected chi connectivity index (χ2v) is 6.90. The summed E-state index contributed by atoms with van der Waals surface area (Å²) in [6.45, 7) is 6.66. The summed E-state index contributed by atoms with van der Waals surface area (Å²) in [7, 11) is 0. The standard InChI is InChI=1S/C24H22N.Ir/c1-4-17-13-19(16(2)3)15-20(14-17)24-23-10-9-18-7-5-6-8-21(18)22(23)11-12-25-24;/h5-13,15-16H,4H2,1-3H3;/q-1;. The van der Waals surface area contributed by atoms with Gasteiger partial charge in [-0.2, -0.15) is 0 Å². The van der Waals surface area contributed by atoms with E-state index < -0.39 is 0 Å². The van der Waals surface area contributed by atoms with Crippen LogP contribution in [0, 0.1) is 6.07 Å². The minimum absolute atomic E-state index is 0. The average Bonchev–Trinajstić information content (AvgIpc) is 2.66. The second kappa shape index (κ2) is 7.70. The third-order valence-corrected chi connectivity index (χ3v) is 4.92. The molecule has 1 heterocycles. The fraction of sp³-hybridized carbons (Fsp3) is 0.208. The maximum atomic E-state index is 4.73. The van der Waals surface area contributed by atoms with Crippen LogP contribution in [0.4, 0.5) is 0 Å². The van der Waals surface area contributed by atoms with Crippen molar-refractivity contribution in [1.29, 1.82) is 0 Å². The Bertz CT molecular complexity index is 1070. The molecule has 0 unspecified atom stereocenters. The third kappa shape index (κ3) is 3.32. The molecule has 1 nitrogen and oxygen atoms in total. The quantitative estimate of drug-likeness (QED) is 0.223. The molecule has 0 saturated carbocycles. The number of nitrogens with zero attached hydrogens (tertiary/aromatic N) is 1. The van der Waals surface area contributed by atoms with Crippen molar-refractivity contribution in [2.24, 2.45) is 0 Å². The smallest absolute Gasteiger partial charge is 0.0167 e. The molecule has 4 aromatic rings. The van der Waals surface area contributed by atoms with E-state index >= 15 is 0 Å².